The lowest BCUT2D eigenvalue weighted by Crippen LogP contribution is -1.94. The number of hydrogen-bond acceptors (Lipinski definition) is 5. The summed E-state index contributed by atoms with van der Waals surface area (Å²) in [5.41, 5.74) is 2.08. The minimum absolute atomic E-state index is 0.489. The molecule has 0 atom stereocenters. The van der Waals surface area contributed by atoms with Crippen LogP contribution in [0.4, 0.5) is 11.5 Å². The van der Waals surface area contributed by atoms with E-state index in [2.05, 4.69) is 15.7 Å². The van der Waals surface area contributed by atoms with Gasteiger partial charge in [-0.1, -0.05) is 23.3 Å². The van der Waals surface area contributed by atoms with Gasteiger partial charge in [-0.25, -0.2) is 0 Å². The second-order valence-corrected chi connectivity index (χ2v) is 3.87. The molecule has 0 saturated carbocycles. The first-order valence-electron chi connectivity index (χ1n) is 5.53. The molecule has 0 saturated heterocycles. The predicted molar refractivity (Wildman–Crippen MR) is 66.5 cm³/mol. The first-order valence-corrected chi connectivity index (χ1v) is 5.53. The van der Waals surface area contributed by atoms with Crippen molar-refractivity contribution in [1.29, 1.82) is 0 Å². The fourth-order valence-electron chi connectivity index (χ4n) is 1.68. The molecular formula is C13H11N3O2. The molecule has 3 aromatic rings. The van der Waals surface area contributed by atoms with E-state index in [9.17, 15) is 0 Å². The van der Waals surface area contributed by atoms with Crippen molar-refractivity contribution in [2.75, 3.05) is 5.32 Å². The lowest BCUT2D eigenvalue weighted by molar-refractivity contribution is 0.393. The summed E-state index contributed by atoms with van der Waals surface area (Å²) < 4.78 is 10.4. The Morgan fingerprint density at radius 1 is 1.11 bits per heavy atom. The maximum Gasteiger partial charge on any atom is 0.246 e. The molecule has 90 valence electrons. The topological polar surface area (TPSA) is 64.1 Å². The van der Waals surface area contributed by atoms with E-state index in [1.165, 1.54) is 0 Å². The quantitative estimate of drug-likeness (QED) is 0.761. The molecule has 0 unspecified atom stereocenters. The van der Waals surface area contributed by atoms with E-state index < -0.39 is 0 Å². The molecule has 2 aromatic heterocycles. The van der Waals surface area contributed by atoms with Crippen LogP contribution in [0.25, 0.3) is 11.5 Å². The third-order valence-corrected chi connectivity index (χ3v) is 2.63. The maximum atomic E-state index is 5.27. The molecule has 0 aliphatic carbocycles. The highest BCUT2D eigenvalue weighted by atomic mass is 16.5. The van der Waals surface area contributed by atoms with Gasteiger partial charge in [0.2, 0.25) is 11.6 Å². The van der Waals surface area contributed by atoms with E-state index in [4.69, 9.17) is 8.94 Å². The molecule has 0 spiro atoms. The summed E-state index contributed by atoms with van der Waals surface area (Å²) in [7, 11) is 0. The van der Waals surface area contributed by atoms with Crippen LogP contribution in [0.15, 0.2) is 51.6 Å². The molecule has 0 radical (unpaired) electrons. The molecule has 0 fully saturated rings. The molecule has 1 N–H and O–H groups in total. The van der Waals surface area contributed by atoms with Crippen molar-refractivity contribution in [2.24, 2.45) is 0 Å². The number of anilines is 2. The average molecular weight is 241 g/mol. The molecule has 3 rings (SSSR count). The van der Waals surface area contributed by atoms with Gasteiger partial charge in [0, 0.05) is 11.0 Å². The minimum atomic E-state index is 0.489. The maximum absolute atomic E-state index is 5.27. The van der Waals surface area contributed by atoms with Crippen molar-refractivity contribution >= 4 is 11.5 Å². The summed E-state index contributed by atoms with van der Waals surface area (Å²) >= 11 is 0. The van der Waals surface area contributed by atoms with E-state index in [0.717, 1.165) is 11.3 Å². The number of aryl methyl sites for hydroxylation is 1. The van der Waals surface area contributed by atoms with Crippen LogP contribution in [0, 0.1) is 6.92 Å². The highest BCUT2D eigenvalue weighted by Crippen LogP contribution is 2.29. The monoisotopic (exact) mass is 241 g/mol. The molecule has 0 aliphatic heterocycles. The van der Waals surface area contributed by atoms with E-state index in [1.807, 2.05) is 31.2 Å². The number of nitrogens with one attached hydrogen (secondary N) is 1. The Labute approximate surface area is 103 Å². The molecule has 0 amide bonds. The molecule has 5 heteroatoms. The largest absolute Gasteiger partial charge is 0.461 e. The zero-order valence-electron chi connectivity index (χ0n) is 9.75. The third kappa shape index (κ3) is 1.86. The molecule has 0 bridgehead atoms. The summed E-state index contributed by atoms with van der Waals surface area (Å²) in [6.45, 7) is 2.02. The fraction of sp³-hybridized carbons (Fsp3) is 0.0769. The molecule has 0 aliphatic rings. The van der Waals surface area contributed by atoms with Crippen LogP contribution in [0.1, 0.15) is 5.56 Å². The van der Waals surface area contributed by atoms with Gasteiger partial charge >= 0.3 is 0 Å². The van der Waals surface area contributed by atoms with Crippen LogP contribution in [0.3, 0.4) is 0 Å². The zero-order valence-corrected chi connectivity index (χ0v) is 9.75. The van der Waals surface area contributed by atoms with E-state index in [1.54, 1.807) is 18.4 Å². The van der Waals surface area contributed by atoms with Gasteiger partial charge in [-0.2, -0.15) is 0 Å². The standard InChI is InChI=1S/C13H11N3O2/c1-9-5-2-3-6-10(9)14-13-12(18-16-15-13)11-7-4-8-17-11/h2-8,14H,1H3. The average Bonchev–Trinajstić information content (AvgIpc) is 3.02. The second-order valence-electron chi connectivity index (χ2n) is 3.87. The number of nitrogens with zero attached hydrogens (tertiary/aromatic N) is 2. The Bertz CT molecular complexity index is 644. The van der Waals surface area contributed by atoms with E-state index in [0.29, 0.717) is 17.3 Å². The normalized spacial score (nSPS) is 10.5. The number of aromatic nitrogens is 2. The van der Waals surface area contributed by atoms with Gasteiger partial charge in [0.25, 0.3) is 0 Å². The summed E-state index contributed by atoms with van der Waals surface area (Å²) in [6, 6.07) is 11.5. The minimum Gasteiger partial charge on any atom is -0.461 e. The van der Waals surface area contributed by atoms with Crippen molar-refractivity contribution < 1.29 is 8.94 Å². The Morgan fingerprint density at radius 2 is 2.00 bits per heavy atom. The van der Waals surface area contributed by atoms with E-state index in [-0.39, 0.29) is 0 Å². The van der Waals surface area contributed by atoms with Crippen LogP contribution in [-0.2, 0) is 0 Å². The first kappa shape index (κ1) is 10.6. The third-order valence-electron chi connectivity index (χ3n) is 2.63. The fourth-order valence-corrected chi connectivity index (χ4v) is 1.68. The van der Waals surface area contributed by atoms with Crippen molar-refractivity contribution in [3.05, 3.63) is 48.2 Å². The van der Waals surface area contributed by atoms with Crippen LogP contribution >= 0.6 is 0 Å². The Morgan fingerprint density at radius 3 is 2.78 bits per heavy atom. The summed E-state index contributed by atoms with van der Waals surface area (Å²) in [5.74, 6) is 1.62. The molecule has 5 nitrogen and oxygen atoms in total. The Hall–Kier alpha value is -2.56. The van der Waals surface area contributed by atoms with Crippen molar-refractivity contribution in [3.8, 4) is 11.5 Å². The predicted octanol–water partition coefficient (Wildman–Crippen LogP) is 3.38. The molecule has 2 heterocycles. The summed E-state index contributed by atoms with van der Waals surface area (Å²) in [5, 5.41) is 10.7. The summed E-state index contributed by atoms with van der Waals surface area (Å²) in [6.07, 6.45) is 1.58. The van der Waals surface area contributed by atoms with Gasteiger partial charge in [0.05, 0.1) is 6.26 Å². The number of hydrogen-bond donors (Lipinski definition) is 1. The molecule has 1 aromatic carbocycles. The first-order chi connectivity index (χ1) is 8.84. The number of furan rings is 1. The highest BCUT2D eigenvalue weighted by molar-refractivity contribution is 5.71. The van der Waals surface area contributed by atoms with Crippen molar-refractivity contribution in [2.45, 2.75) is 6.92 Å². The number of benzene rings is 1. The molecule has 18 heavy (non-hydrogen) atoms. The SMILES string of the molecule is Cc1ccccc1Nc1nnoc1-c1ccco1. The smallest absolute Gasteiger partial charge is 0.246 e. The van der Waals surface area contributed by atoms with E-state index >= 15 is 0 Å². The van der Waals surface area contributed by atoms with Crippen LogP contribution in [0.2, 0.25) is 0 Å². The highest BCUT2D eigenvalue weighted by Gasteiger charge is 2.15. The van der Waals surface area contributed by atoms with Gasteiger partial charge in [-0.05, 0) is 30.7 Å². The number of para-hydroxylation sites is 1. The lowest BCUT2D eigenvalue weighted by Gasteiger charge is -2.05. The van der Waals surface area contributed by atoms with Crippen LogP contribution in [-0.4, -0.2) is 10.4 Å². The van der Waals surface area contributed by atoms with Gasteiger partial charge < -0.3 is 14.3 Å². The second kappa shape index (κ2) is 4.37. The van der Waals surface area contributed by atoms with Gasteiger partial charge in [0.1, 0.15) is 0 Å². The van der Waals surface area contributed by atoms with Crippen LogP contribution in [0.5, 0.6) is 0 Å². The van der Waals surface area contributed by atoms with Gasteiger partial charge in [-0.3, -0.25) is 0 Å². The Balaban J connectivity index is 1.95. The molecular weight excluding hydrogens is 230 g/mol. The van der Waals surface area contributed by atoms with Gasteiger partial charge in [-0.15, -0.1) is 0 Å². The van der Waals surface area contributed by atoms with Crippen LogP contribution < -0.4 is 5.32 Å². The number of rotatable bonds is 3. The Kier molecular flexibility index (Phi) is 2.57. The van der Waals surface area contributed by atoms with Crippen molar-refractivity contribution in [3.63, 3.8) is 0 Å². The zero-order chi connectivity index (χ0) is 12.4. The van der Waals surface area contributed by atoms with Crippen molar-refractivity contribution in [1.82, 2.24) is 10.4 Å². The lowest BCUT2D eigenvalue weighted by atomic mass is 10.2. The van der Waals surface area contributed by atoms with Gasteiger partial charge in [0.15, 0.2) is 5.76 Å². The summed E-state index contributed by atoms with van der Waals surface area (Å²) in [4.78, 5) is 0.